The summed E-state index contributed by atoms with van der Waals surface area (Å²) in [5.41, 5.74) is 2.64. The molecule has 1 amide bonds. The molecule has 0 aliphatic rings. The van der Waals surface area contributed by atoms with Gasteiger partial charge in [0.25, 0.3) is 0 Å². The third-order valence-corrected chi connectivity index (χ3v) is 5.48. The average molecular weight is 378 g/mol. The van der Waals surface area contributed by atoms with E-state index in [0.717, 1.165) is 33.0 Å². The molecule has 2 rings (SSSR count). The van der Waals surface area contributed by atoms with E-state index in [4.69, 9.17) is 11.6 Å². The average Bonchev–Trinajstić information content (AvgIpc) is 2.52. The lowest BCUT2D eigenvalue weighted by Crippen LogP contribution is -2.10. The molecular weight excluding hydrogens is 354 g/mol. The molecule has 0 aromatic heterocycles. The predicted molar refractivity (Wildman–Crippen MR) is 106 cm³/mol. The maximum absolute atomic E-state index is 11.8. The number of halogens is 1. The molecule has 0 atom stereocenters. The van der Waals surface area contributed by atoms with Gasteiger partial charge in [0, 0.05) is 21.9 Å². The molecule has 2 aromatic rings. The number of amides is 1. The summed E-state index contributed by atoms with van der Waals surface area (Å²) in [4.78, 5) is 13.7. The second-order valence-electron chi connectivity index (χ2n) is 6.38. The summed E-state index contributed by atoms with van der Waals surface area (Å²) in [6.45, 7) is 8.05. The van der Waals surface area contributed by atoms with E-state index in [9.17, 15) is 9.90 Å². The number of anilines is 1. The van der Waals surface area contributed by atoms with Crippen LogP contribution in [0.25, 0.3) is 0 Å². The van der Waals surface area contributed by atoms with Crippen molar-refractivity contribution in [3.63, 3.8) is 0 Å². The van der Waals surface area contributed by atoms with E-state index in [1.165, 1.54) is 0 Å². The molecule has 134 valence electrons. The lowest BCUT2D eigenvalue weighted by atomic mass is 10.0. The number of hydrogen-bond donors (Lipinski definition) is 2. The van der Waals surface area contributed by atoms with E-state index in [0.29, 0.717) is 17.2 Å². The van der Waals surface area contributed by atoms with Gasteiger partial charge < -0.3 is 10.4 Å². The highest BCUT2D eigenvalue weighted by Gasteiger charge is 2.12. The van der Waals surface area contributed by atoms with Crippen LogP contribution >= 0.6 is 23.4 Å². The Morgan fingerprint density at radius 3 is 2.60 bits per heavy atom. The van der Waals surface area contributed by atoms with Crippen LogP contribution in [-0.4, -0.2) is 11.0 Å². The van der Waals surface area contributed by atoms with E-state index in [2.05, 4.69) is 19.2 Å². The van der Waals surface area contributed by atoms with Gasteiger partial charge in [-0.25, -0.2) is 0 Å². The molecule has 0 bridgehead atoms. The Morgan fingerprint density at radius 1 is 1.28 bits per heavy atom. The van der Waals surface area contributed by atoms with Crippen molar-refractivity contribution < 1.29 is 9.90 Å². The van der Waals surface area contributed by atoms with E-state index in [1.807, 2.05) is 32.0 Å². The van der Waals surface area contributed by atoms with Crippen molar-refractivity contribution in [1.82, 2.24) is 0 Å². The highest BCUT2D eigenvalue weighted by molar-refractivity contribution is 7.99. The van der Waals surface area contributed by atoms with E-state index in [-0.39, 0.29) is 11.8 Å². The van der Waals surface area contributed by atoms with Crippen LogP contribution in [-0.2, 0) is 4.79 Å². The highest BCUT2D eigenvalue weighted by Crippen LogP contribution is 2.40. The fourth-order valence-corrected chi connectivity index (χ4v) is 3.88. The standard InChI is InChI=1S/C20H24ClNO2S/c1-5-6-19(24)22-14-9-13(4)20(17(21)10-14)25-15-7-8-18(23)16(11-15)12(2)3/h7-12,23H,5-6H2,1-4H3,(H,22,24). The summed E-state index contributed by atoms with van der Waals surface area (Å²) in [5, 5.41) is 13.5. The largest absolute Gasteiger partial charge is 0.508 e. The molecule has 0 fully saturated rings. The topological polar surface area (TPSA) is 49.3 Å². The van der Waals surface area contributed by atoms with Crippen molar-refractivity contribution >= 4 is 35.0 Å². The Labute approximate surface area is 158 Å². The van der Waals surface area contributed by atoms with Gasteiger partial charge in [-0.2, -0.15) is 0 Å². The van der Waals surface area contributed by atoms with Crippen LogP contribution in [0, 0.1) is 6.92 Å². The van der Waals surface area contributed by atoms with Gasteiger partial charge in [0.15, 0.2) is 0 Å². The molecule has 3 nitrogen and oxygen atoms in total. The number of aryl methyl sites for hydroxylation is 1. The third-order valence-electron chi connectivity index (χ3n) is 3.83. The number of rotatable bonds is 6. The molecule has 25 heavy (non-hydrogen) atoms. The maximum Gasteiger partial charge on any atom is 0.224 e. The predicted octanol–water partition coefficient (Wildman–Crippen LogP) is 6.37. The summed E-state index contributed by atoms with van der Waals surface area (Å²) in [6, 6.07) is 9.33. The smallest absolute Gasteiger partial charge is 0.224 e. The molecule has 0 saturated carbocycles. The number of nitrogens with one attached hydrogen (secondary N) is 1. The lowest BCUT2D eigenvalue weighted by Gasteiger charge is -2.14. The fourth-order valence-electron chi connectivity index (χ4n) is 2.56. The van der Waals surface area contributed by atoms with Crippen molar-refractivity contribution in [2.24, 2.45) is 0 Å². The van der Waals surface area contributed by atoms with Gasteiger partial charge in [-0.05, 0) is 60.7 Å². The molecule has 0 spiro atoms. The molecular formula is C20H24ClNO2S. The molecule has 2 N–H and O–H groups in total. The van der Waals surface area contributed by atoms with Gasteiger partial charge in [-0.3, -0.25) is 4.79 Å². The van der Waals surface area contributed by atoms with Gasteiger partial charge in [-0.15, -0.1) is 0 Å². The van der Waals surface area contributed by atoms with Gasteiger partial charge in [0.2, 0.25) is 5.91 Å². The second-order valence-corrected chi connectivity index (χ2v) is 7.87. The summed E-state index contributed by atoms with van der Waals surface area (Å²) in [5.74, 6) is 0.558. The maximum atomic E-state index is 11.8. The molecule has 0 radical (unpaired) electrons. The fraction of sp³-hybridized carbons (Fsp3) is 0.350. The third kappa shape index (κ3) is 5.16. The summed E-state index contributed by atoms with van der Waals surface area (Å²) in [6.07, 6.45) is 1.31. The van der Waals surface area contributed by atoms with Crippen LogP contribution in [0.3, 0.4) is 0 Å². The number of aromatic hydroxyl groups is 1. The van der Waals surface area contributed by atoms with Gasteiger partial charge >= 0.3 is 0 Å². The summed E-state index contributed by atoms with van der Waals surface area (Å²) >= 11 is 8.02. The van der Waals surface area contributed by atoms with Gasteiger partial charge in [0.05, 0.1) is 5.02 Å². The summed E-state index contributed by atoms with van der Waals surface area (Å²) in [7, 11) is 0. The zero-order valence-electron chi connectivity index (χ0n) is 15.0. The first-order valence-electron chi connectivity index (χ1n) is 8.42. The second kappa shape index (κ2) is 8.63. The van der Waals surface area contributed by atoms with Crippen LogP contribution in [0.4, 0.5) is 5.69 Å². The number of benzene rings is 2. The van der Waals surface area contributed by atoms with Crippen LogP contribution in [0.5, 0.6) is 5.75 Å². The first kappa shape index (κ1) is 19.7. The SMILES string of the molecule is CCCC(=O)Nc1cc(C)c(Sc2ccc(O)c(C(C)C)c2)c(Cl)c1. The monoisotopic (exact) mass is 377 g/mol. The number of carbonyl (C=O) groups excluding carboxylic acids is 1. The Balaban J connectivity index is 2.26. The minimum atomic E-state index is -0.00141. The van der Waals surface area contributed by atoms with Crippen molar-refractivity contribution in [1.29, 1.82) is 0 Å². The van der Waals surface area contributed by atoms with Crippen LogP contribution < -0.4 is 5.32 Å². The molecule has 2 aromatic carbocycles. The number of carbonyl (C=O) groups is 1. The quantitative estimate of drug-likeness (QED) is 0.615. The highest BCUT2D eigenvalue weighted by atomic mass is 35.5. The van der Waals surface area contributed by atoms with Crippen molar-refractivity contribution in [2.45, 2.75) is 56.2 Å². The van der Waals surface area contributed by atoms with Gasteiger partial charge in [0.1, 0.15) is 5.75 Å². The molecule has 0 saturated heterocycles. The normalized spacial score (nSPS) is 11.0. The molecule has 5 heteroatoms. The van der Waals surface area contributed by atoms with E-state index in [1.54, 1.807) is 23.9 Å². The first-order valence-corrected chi connectivity index (χ1v) is 9.62. The van der Waals surface area contributed by atoms with Crippen LogP contribution in [0.1, 0.15) is 50.7 Å². The molecule has 0 unspecified atom stereocenters. The van der Waals surface area contributed by atoms with Gasteiger partial charge in [-0.1, -0.05) is 44.1 Å². The Hall–Kier alpha value is -1.65. The van der Waals surface area contributed by atoms with E-state index < -0.39 is 0 Å². The zero-order chi connectivity index (χ0) is 18.6. The number of phenols is 1. The first-order chi connectivity index (χ1) is 11.8. The van der Waals surface area contributed by atoms with Crippen molar-refractivity contribution in [3.8, 4) is 5.75 Å². The number of hydrogen-bond acceptors (Lipinski definition) is 3. The minimum absolute atomic E-state index is 0.00141. The molecule has 0 heterocycles. The molecule has 0 aliphatic heterocycles. The van der Waals surface area contributed by atoms with E-state index >= 15 is 0 Å². The zero-order valence-corrected chi connectivity index (χ0v) is 16.6. The number of phenolic OH excluding ortho intramolecular Hbond substituents is 1. The van der Waals surface area contributed by atoms with Crippen molar-refractivity contribution in [2.75, 3.05) is 5.32 Å². The lowest BCUT2D eigenvalue weighted by molar-refractivity contribution is -0.116. The Bertz CT molecular complexity index is 751. The van der Waals surface area contributed by atoms with Crippen molar-refractivity contribution in [3.05, 3.63) is 46.5 Å². The Morgan fingerprint density at radius 2 is 2.00 bits per heavy atom. The summed E-state index contributed by atoms with van der Waals surface area (Å²) < 4.78 is 0. The van der Waals surface area contributed by atoms with Crippen LogP contribution in [0.15, 0.2) is 40.1 Å². The minimum Gasteiger partial charge on any atom is -0.508 e. The molecule has 0 aliphatic carbocycles. The van der Waals surface area contributed by atoms with Crippen LogP contribution in [0.2, 0.25) is 5.02 Å². The Kier molecular flexibility index (Phi) is 6.79.